The fourth-order valence-electron chi connectivity index (χ4n) is 3.99. The van der Waals surface area contributed by atoms with Crippen LogP contribution < -0.4 is 15.6 Å². The zero-order valence-corrected chi connectivity index (χ0v) is 20.8. The molecule has 0 aliphatic carbocycles. The van der Waals surface area contributed by atoms with Gasteiger partial charge in [0.2, 0.25) is 6.10 Å². The van der Waals surface area contributed by atoms with E-state index < -0.39 is 18.0 Å². The molecular weight excluding hydrogens is 470 g/mol. The second-order valence-corrected chi connectivity index (χ2v) is 8.54. The lowest BCUT2D eigenvalue weighted by Gasteiger charge is -2.19. The minimum atomic E-state index is -1.24. The number of rotatable bonds is 10. The Balaban J connectivity index is 1.67. The Morgan fingerprint density at radius 2 is 1.59 bits per heavy atom. The van der Waals surface area contributed by atoms with Gasteiger partial charge in [-0.05, 0) is 36.8 Å². The number of nitrogens with zero attached hydrogens (tertiary/aromatic N) is 2. The van der Waals surface area contributed by atoms with Crippen LogP contribution in [0.4, 0.5) is 5.69 Å². The van der Waals surface area contributed by atoms with Gasteiger partial charge in [0.1, 0.15) is 5.75 Å². The van der Waals surface area contributed by atoms with E-state index in [-0.39, 0.29) is 11.3 Å². The van der Waals surface area contributed by atoms with Crippen LogP contribution in [-0.4, -0.2) is 28.8 Å². The molecule has 37 heavy (non-hydrogen) atoms. The molecule has 1 atom stereocenters. The summed E-state index contributed by atoms with van der Waals surface area (Å²) >= 11 is 0. The summed E-state index contributed by atoms with van der Waals surface area (Å²) in [5, 5.41) is 7.91. The van der Waals surface area contributed by atoms with Crippen molar-refractivity contribution >= 4 is 28.3 Å². The third-order valence-electron chi connectivity index (χ3n) is 5.96. The maximum atomic E-state index is 13.5. The molecule has 0 bridgehead atoms. The first-order valence-electron chi connectivity index (χ1n) is 12.2. The number of hydrogen-bond donors (Lipinski definition) is 1. The van der Waals surface area contributed by atoms with E-state index >= 15 is 0 Å². The van der Waals surface area contributed by atoms with Crippen molar-refractivity contribution in [3.05, 3.63) is 100 Å². The average Bonchev–Trinajstić information content (AvgIpc) is 2.94. The zero-order chi connectivity index (χ0) is 26.2. The molecule has 1 amide bonds. The molecule has 0 saturated carbocycles. The van der Waals surface area contributed by atoms with Gasteiger partial charge in [0.05, 0.1) is 12.5 Å². The Bertz CT molecular complexity index is 1430. The second-order valence-electron chi connectivity index (χ2n) is 8.54. The number of nitrogens with one attached hydrogen (secondary N) is 1. The molecule has 0 radical (unpaired) electrons. The molecule has 4 aromatic rings. The summed E-state index contributed by atoms with van der Waals surface area (Å²) in [5.41, 5.74) is 0.753. The number of fused-ring (bicyclic) bond motifs is 1. The van der Waals surface area contributed by atoms with Crippen molar-refractivity contribution in [2.75, 3.05) is 12.4 Å². The first-order chi connectivity index (χ1) is 18.0. The van der Waals surface area contributed by atoms with E-state index in [4.69, 9.17) is 9.47 Å². The zero-order valence-electron chi connectivity index (χ0n) is 20.8. The number of carbonyl (C=O) groups excluding carboxylic acids is 2. The quantitative estimate of drug-likeness (QED) is 0.240. The first kappa shape index (κ1) is 25.6. The monoisotopic (exact) mass is 499 g/mol. The molecule has 8 heteroatoms. The van der Waals surface area contributed by atoms with E-state index in [1.165, 1.54) is 4.68 Å². The molecule has 0 saturated heterocycles. The fraction of sp³-hybridized carbons (Fsp3) is 0.241. The fourth-order valence-corrected chi connectivity index (χ4v) is 3.99. The maximum absolute atomic E-state index is 13.5. The highest BCUT2D eigenvalue weighted by Crippen LogP contribution is 2.24. The largest absolute Gasteiger partial charge is 0.497 e. The van der Waals surface area contributed by atoms with Gasteiger partial charge in [-0.15, -0.1) is 0 Å². The topological polar surface area (TPSA) is 99.5 Å². The highest BCUT2D eigenvalue weighted by molar-refractivity contribution is 6.04. The predicted molar refractivity (Wildman–Crippen MR) is 142 cm³/mol. The van der Waals surface area contributed by atoms with Crippen molar-refractivity contribution in [3.8, 4) is 5.75 Å². The number of amides is 1. The van der Waals surface area contributed by atoms with Gasteiger partial charge in [0, 0.05) is 23.2 Å². The van der Waals surface area contributed by atoms with Gasteiger partial charge in [-0.25, -0.2) is 9.48 Å². The van der Waals surface area contributed by atoms with Gasteiger partial charge >= 0.3 is 5.97 Å². The number of esters is 1. The number of ether oxygens (including phenoxy) is 2. The third kappa shape index (κ3) is 6.03. The Morgan fingerprint density at radius 3 is 2.27 bits per heavy atom. The highest BCUT2D eigenvalue weighted by atomic mass is 16.5. The summed E-state index contributed by atoms with van der Waals surface area (Å²) in [4.78, 5) is 39.8. The molecule has 1 N–H and O–H groups in total. The molecule has 1 unspecified atom stereocenters. The van der Waals surface area contributed by atoms with Crippen LogP contribution in [-0.2, 0) is 16.1 Å². The third-order valence-corrected chi connectivity index (χ3v) is 5.96. The van der Waals surface area contributed by atoms with Gasteiger partial charge < -0.3 is 14.8 Å². The molecule has 190 valence electrons. The van der Waals surface area contributed by atoms with Crippen LogP contribution in [0.3, 0.4) is 0 Å². The van der Waals surface area contributed by atoms with Crippen LogP contribution in [0.5, 0.6) is 5.75 Å². The molecule has 0 aliphatic rings. The molecule has 1 heterocycles. The van der Waals surface area contributed by atoms with Gasteiger partial charge in [0.15, 0.2) is 5.69 Å². The number of anilines is 1. The second kappa shape index (κ2) is 12.0. The van der Waals surface area contributed by atoms with Gasteiger partial charge in [-0.3, -0.25) is 9.59 Å². The number of unbranched alkanes of at least 4 members (excludes halogenated alkanes) is 2. The molecule has 1 aromatic heterocycles. The van der Waals surface area contributed by atoms with Crippen LogP contribution in [0.1, 0.15) is 48.3 Å². The molecule has 0 aliphatic heterocycles. The van der Waals surface area contributed by atoms with Crippen molar-refractivity contribution in [2.24, 2.45) is 0 Å². The van der Waals surface area contributed by atoms with E-state index in [9.17, 15) is 14.4 Å². The molecule has 0 fully saturated rings. The van der Waals surface area contributed by atoms with Crippen molar-refractivity contribution < 1.29 is 19.1 Å². The van der Waals surface area contributed by atoms with Crippen molar-refractivity contribution in [2.45, 2.75) is 38.8 Å². The smallest absolute Gasteiger partial charge is 0.360 e. The van der Waals surface area contributed by atoms with Crippen molar-refractivity contribution in [1.29, 1.82) is 0 Å². The number of hydrogen-bond acceptors (Lipinski definition) is 6. The SMILES string of the molecule is CCCCCn1nc(C(=O)OC(C(=O)Nc2ccc(OC)cc2)c2ccccc2)c2ccccc2c1=O. The van der Waals surface area contributed by atoms with Gasteiger partial charge in [0.25, 0.3) is 11.5 Å². The van der Waals surface area contributed by atoms with Gasteiger partial charge in [-0.2, -0.15) is 5.10 Å². The van der Waals surface area contributed by atoms with Crippen LogP contribution >= 0.6 is 0 Å². The van der Waals surface area contributed by atoms with Crippen molar-refractivity contribution in [1.82, 2.24) is 9.78 Å². The molecule has 0 spiro atoms. The summed E-state index contributed by atoms with van der Waals surface area (Å²) in [6.45, 7) is 2.46. The van der Waals surface area contributed by atoms with Gasteiger partial charge in [-0.1, -0.05) is 68.3 Å². The van der Waals surface area contributed by atoms with E-state index in [0.29, 0.717) is 34.3 Å². The van der Waals surface area contributed by atoms with Crippen LogP contribution in [0.25, 0.3) is 10.8 Å². The summed E-state index contributed by atoms with van der Waals surface area (Å²) in [5.74, 6) is -0.666. The van der Waals surface area contributed by atoms with E-state index in [1.54, 1.807) is 79.9 Å². The van der Waals surface area contributed by atoms with E-state index in [1.807, 2.05) is 6.07 Å². The number of benzene rings is 3. The Morgan fingerprint density at radius 1 is 0.919 bits per heavy atom. The summed E-state index contributed by atoms with van der Waals surface area (Å²) in [7, 11) is 1.56. The van der Waals surface area contributed by atoms with Crippen LogP contribution in [0, 0.1) is 0 Å². The summed E-state index contributed by atoms with van der Waals surface area (Å²) in [6, 6.07) is 22.4. The van der Waals surface area contributed by atoms with Crippen LogP contribution in [0.15, 0.2) is 83.7 Å². The highest BCUT2D eigenvalue weighted by Gasteiger charge is 2.28. The Kier molecular flexibility index (Phi) is 8.30. The number of aryl methyl sites for hydroxylation is 1. The summed E-state index contributed by atoms with van der Waals surface area (Å²) in [6.07, 6.45) is 1.44. The van der Waals surface area contributed by atoms with Crippen molar-refractivity contribution in [3.63, 3.8) is 0 Å². The lowest BCUT2D eigenvalue weighted by molar-refractivity contribution is -0.125. The number of aromatic nitrogens is 2. The average molecular weight is 500 g/mol. The molecule has 4 rings (SSSR count). The number of methoxy groups -OCH3 is 1. The number of carbonyl (C=O) groups is 2. The minimum absolute atomic E-state index is 0.00937. The van der Waals surface area contributed by atoms with E-state index in [0.717, 1.165) is 19.3 Å². The predicted octanol–water partition coefficient (Wildman–Crippen LogP) is 5.13. The molecular formula is C29H29N3O5. The minimum Gasteiger partial charge on any atom is -0.497 e. The Hall–Kier alpha value is -4.46. The summed E-state index contributed by atoms with van der Waals surface area (Å²) < 4.78 is 12.2. The lowest BCUT2D eigenvalue weighted by Crippen LogP contribution is -2.29. The van der Waals surface area contributed by atoms with Crippen LogP contribution in [0.2, 0.25) is 0 Å². The lowest BCUT2D eigenvalue weighted by atomic mass is 10.1. The van der Waals surface area contributed by atoms with E-state index in [2.05, 4.69) is 17.3 Å². The first-order valence-corrected chi connectivity index (χ1v) is 12.2. The Labute approximate surface area is 214 Å². The normalized spacial score (nSPS) is 11.6. The molecule has 3 aromatic carbocycles. The maximum Gasteiger partial charge on any atom is 0.360 e. The standard InChI is InChI=1S/C29H29N3O5/c1-3-4-10-19-32-28(34)24-14-9-8-13-23(24)25(31-32)29(35)37-26(20-11-6-5-7-12-20)27(33)30-21-15-17-22(36-2)18-16-21/h5-9,11-18,26H,3-4,10,19H2,1-2H3,(H,30,33). The molecule has 8 nitrogen and oxygen atoms in total.